The van der Waals surface area contributed by atoms with Gasteiger partial charge in [0.2, 0.25) is 21.8 Å². The Bertz CT molecular complexity index is 1800. The van der Waals surface area contributed by atoms with Crippen molar-refractivity contribution in [3.8, 4) is 16.3 Å². The van der Waals surface area contributed by atoms with Crippen LogP contribution in [0.15, 0.2) is 36.0 Å². The summed E-state index contributed by atoms with van der Waals surface area (Å²) < 4.78 is 33.7. The summed E-state index contributed by atoms with van der Waals surface area (Å²) in [4.78, 5) is 65.1. The topological polar surface area (TPSA) is 197 Å². The second-order valence-electron chi connectivity index (χ2n) is 14.6. The number of hydrogen-bond donors (Lipinski definition) is 4. The molecule has 0 bridgehead atoms. The van der Waals surface area contributed by atoms with E-state index in [1.165, 1.54) is 16.2 Å². The molecule has 1 saturated heterocycles. The van der Waals surface area contributed by atoms with Crippen LogP contribution in [0.25, 0.3) is 10.6 Å². The molecule has 4 amide bonds. The molecule has 3 fully saturated rings. The number of hydrogen-bond acceptors (Lipinski definition) is 10. The number of nitrogens with one attached hydrogen (secondary N) is 3. The molecule has 0 spiro atoms. The van der Waals surface area contributed by atoms with Crippen LogP contribution in [-0.4, -0.2) is 87.2 Å². The minimum atomic E-state index is -3.99. The minimum absolute atomic E-state index is 0.0243. The molecule has 50 heavy (non-hydrogen) atoms. The Kier molecular flexibility index (Phi) is 9.72. The molecule has 6 rings (SSSR count). The van der Waals surface area contributed by atoms with Gasteiger partial charge >= 0.3 is 6.09 Å². The summed E-state index contributed by atoms with van der Waals surface area (Å²) in [6.45, 7) is 7.23. The van der Waals surface area contributed by atoms with Crippen LogP contribution in [0.2, 0.25) is 0 Å². The fourth-order valence-corrected chi connectivity index (χ4v) is 8.99. The fraction of sp³-hybridized carbons (Fsp3) is 0.588. The summed E-state index contributed by atoms with van der Waals surface area (Å²) in [5, 5.41) is 15.0. The molecule has 4 aliphatic rings. The first-order valence-electron chi connectivity index (χ1n) is 17.0. The van der Waals surface area contributed by atoms with Crippen molar-refractivity contribution in [2.75, 3.05) is 6.54 Å². The monoisotopic (exact) mass is 728 g/mol. The number of fused-ring (bicyclic) bond motifs is 2. The predicted molar refractivity (Wildman–Crippen MR) is 185 cm³/mol. The number of ether oxygens (including phenoxy) is 1. The molecule has 2 aliphatic carbocycles. The molecule has 2 aromatic rings. The Morgan fingerprint density at radius 1 is 1.18 bits per heavy atom. The van der Waals surface area contributed by atoms with E-state index >= 15 is 0 Å². The van der Waals surface area contributed by atoms with E-state index in [0.717, 1.165) is 11.3 Å². The molecule has 2 saturated carbocycles. The molecule has 2 aliphatic heterocycles. The van der Waals surface area contributed by atoms with E-state index in [1.54, 1.807) is 30.8 Å². The Hall–Kier alpha value is -4.05. The first kappa shape index (κ1) is 35.8. The number of carboxylic acid groups (broad SMARTS) is 1. The van der Waals surface area contributed by atoms with Crippen molar-refractivity contribution in [2.45, 2.75) is 101 Å². The Labute approximate surface area is 295 Å². The zero-order chi connectivity index (χ0) is 36.0. The molecular weight excluding hydrogens is 685 g/mol. The van der Waals surface area contributed by atoms with Crippen molar-refractivity contribution in [3.63, 3.8) is 0 Å². The van der Waals surface area contributed by atoms with Crippen molar-refractivity contribution in [2.24, 2.45) is 17.8 Å². The number of carbonyl (C=O) groups is 4. The van der Waals surface area contributed by atoms with Gasteiger partial charge in [0.05, 0.1) is 27.4 Å². The maximum Gasteiger partial charge on any atom is 0.405 e. The van der Waals surface area contributed by atoms with E-state index in [0.29, 0.717) is 42.8 Å². The maximum absolute atomic E-state index is 14.3. The number of nitrogens with zero attached hydrogens (tertiary/aromatic N) is 3. The summed E-state index contributed by atoms with van der Waals surface area (Å²) in [7, 11) is -3.99. The molecule has 2 aromatic heterocycles. The predicted octanol–water partition coefficient (Wildman–Crippen LogP) is 3.38. The zero-order valence-corrected chi connectivity index (χ0v) is 30.2. The maximum atomic E-state index is 14.3. The average molecular weight is 729 g/mol. The van der Waals surface area contributed by atoms with Crippen molar-refractivity contribution >= 4 is 45.2 Å². The lowest BCUT2D eigenvalue weighted by atomic mass is 9.88. The normalized spacial score (nSPS) is 30.9. The molecule has 14 nitrogen and oxygen atoms in total. The minimum Gasteiger partial charge on any atom is -0.488 e. The number of allylic oxidation sites excluding steroid dienone is 1. The van der Waals surface area contributed by atoms with Crippen molar-refractivity contribution < 1.29 is 37.4 Å². The van der Waals surface area contributed by atoms with Gasteiger partial charge in [0, 0.05) is 36.4 Å². The SMILES string of the molecule is Cc1cc(O[C@@H]2C[C@H]3C(=O)N[C@]4(C(=O)NS(=O)(=O)C5(C)CC5)C[C@H]4C=CCC[C@@H](C)C[C@@H](C)[C@H](NC(=O)O)C(=O)N3C2)cc(-c2cncs2)n1. The third kappa shape index (κ3) is 7.36. The fourth-order valence-electron chi connectivity index (χ4n) is 7.10. The standard InChI is InChI=1S/C34H44N6O8S2/c1-19-7-5-6-8-22-15-34(22,31(43)39-50(46,47)33(4)9-10-33)38-29(41)26-14-24(17-40(26)30(42)28(20(2)11-19)37-32(44)45)48-23-12-21(3)36-25(13-23)27-16-35-18-49-27/h6,8,12-13,16,18-20,22,24,26,28,37H,5,7,9-11,14-15,17H2,1-4H3,(H,38,41)(H,39,43)(H,44,45)/t19-,20-,22-,24-,26+,28+,34-/m1/s1. The van der Waals surface area contributed by atoms with Gasteiger partial charge in [0.25, 0.3) is 5.91 Å². The number of rotatable bonds is 7. The second-order valence-corrected chi connectivity index (χ2v) is 17.7. The molecule has 4 N–H and O–H groups in total. The third-order valence-electron chi connectivity index (χ3n) is 10.4. The molecule has 0 unspecified atom stereocenters. The summed E-state index contributed by atoms with van der Waals surface area (Å²) in [6, 6.07) is 1.25. The Morgan fingerprint density at radius 2 is 1.94 bits per heavy atom. The average Bonchev–Trinajstić information content (AvgIpc) is 3.79. The smallest absolute Gasteiger partial charge is 0.405 e. The number of aromatic nitrogens is 2. The highest BCUT2D eigenvalue weighted by atomic mass is 32.2. The largest absolute Gasteiger partial charge is 0.488 e. The van der Waals surface area contributed by atoms with Gasteiger partial charge in [-0.2, -0.15) is 0 Å². The second kappa shape index (κ2) is 13.6. The molecule has 270 valence electrons. The van der Waals surface area contributed by atoms with Gasteiger partial charge in [-0.15, -0.1) is 11.3 Å². The van der Waals surface area contributed by atoms with Crippen LogP contribution in [0.1, 0.15) is 71.4 Å². The van der Waals surface area contributed by atoms with E-state index in [2.05, 4.69) is 25.3 Å². The number of carbonyl (C=O) groups excluding carboxylic acids is 3. The van der Waals surface area contributed by atoms with Crippen LogP contribution in [0.5, 0.6) is 5.75 Å². The number of thiazole rings is 1. The molecule has 0 aromatic carbocycles. The number of sulfonamides is 1. The summed E-state index contributed by atoms with van der Waals surface area (Å²) in [6.07, 6.45) is 6.53. The van der Waals surface area contributed by atoms with Crippen LogP contribution in [0.4, 0.5) is 4.79 Å². The van der Waals surface area contributed by atoms with E-state index in [9.17, 15) is 32.7 Å². The highest BCUT2D eigenvalue weighted by Gasteiger charge is 2.63. The first-order chi connectivity index (χ1) is 23.6. The molecule has 16 heteroatoms. The van der Waals surface area contributed by atoms with Gasteiger partial charge in [0.1, 0.15) is 29.5 Å². The first-order valence-corrected chi connectivity index (χ1v) is 19.4. The lowest BCUT2D eigenvalue weighted by Crippen LogP contribution is -2.59. The van der Waals surface area contributed by atoms with E-state index in [4.69, 9.17) is 4.74 Å². The Balaban J connectivity index is 1.32. The van der Waals surface area contributed by atoms with Crippen LogP contribution < -0.4 is 20.1 Å². The quantitative estimate of drug-likeness (QED) is 0.307. The van der Waals surface area contributed by atoms with Gasteiger partial charge in [-0.05, 0) is 64.2 Å². The van der Waals surface area contributed by atoms with E-state index in [1.807, 2.05) is 32.9 Å². The molecule has 0 radical (unpaired) electrons. The van der Waals surface area contributed by atoms with Crippen molar-refractivity contribution in [1.82, 2.24) is 30.2 Å². The highest BCUT2D eigenvalue weighted by molar-refractivity contribution is 7.91. The molecule has 7 atom stereocenters. The lowest BCUT2D eigenvalue weighted by Gasteiger charge is -2.32. The Morgan fingerprint density at radius 3 is 2.62 bits per heavy atom. The van der Waals surface area contributed by atoms with E-state index < -0.39 is 74.1 Å². The number of aryl methyl sites for hydroxylation is 1. The lowest BCUT2D eigenvalue weighted by molar-refractivity contribution is -0.142. The number of pyridine rings is 1. The van der Waals surface area contributed by atoms with Gasteiger partial charge < -0.3 is 25.4 Å². The van der Waals surface area contributed by atoms with Gasteiger partial charge in [0.15, 0.2) is 0 Å². The zero-order valence-electron chi connectivity index (χ0n) is 28.5. The summed E-state index contributed by atoms with van der Waals surface area (Å²) >= 11 is 1.42. The van der Waals surface area contributed by atoms with Crippen LogP contribution >= 0.6 is 11.3 Å². The highest BCUT2D eigenvalue weighted by Crippen LogP contribution is 2.47. The van der Waals surface area contributed by atoms with Crippen LogP contribution in [0.3, 0.4) is 0 Å². The molecule has 4 heterocycles. The summed E-state index contributed by atoms with van der Waals surface area (Å²) in [5.41, 5.74) is 1.53. The third-order valence-corrected chi connectivity index (χ3v) is 13.4. The van der Waals surface area contributed by atoms with Crippen molar-refractivity contribution in [3.05, 3.63) is 41.7 Å². The molecular formula is C34H44N6O8S2. The van der Waals surface area contributed by atoms with E-state index in [-0.39, 0.29) is 25.3 Å². The van der Waals surface area contributed by atoms with Gasteiger partial charge in [-0.1, -0.05) is 26.0 Å². The van der Waals surface area contributed by atoms with Crippen LogP contribution in [0, 0.1) is 24.7 Å². The van der Waals surface area contributed by atoms with Crippen molar-refractivity contribution in [1.29, 1.82) is 0 Å². The van der Waals surface area contributed by atoms with Gasteiger partial charge in [-0.3, -0.25) is 29.1 Å². The number of amides is 4. The van der Waals surface area contributed by atoms with Crippen LogP contribution in [-0.2, 0) is 24.4 Å². The summed E-state index contributed by atoms with van der Waals surface area (Å²) in [5.74, 6) is -2.25. The van der Waals surface area contributed by atoms with Gasteiger partial charge in [-0.25, -0.2) is 13.2 Å².